The molecule has 1 aromatic heterocycles. The van der Waals surface area contributed by atoms with E-state index in [1.165, 1.54) is 12.4 Å². The van der Waals surface area contributed by atoms with Gasteiger partial charge in [0.25, 0.3) is 0 Å². The van der Waals surface area contributed by atoms with E-state index in [4.69, 9.17) is 4.74 Å². The van der Waals surface area contributed by atoms with E-state index in [-0.39, 0.29) is 12.5 Å². The molecule has 0 amide bonds. The van der Waals surface area contributed by atoms with Crippen molar-refractivity contribution in [1.82, 2.24) is 9.55 Å². The van der Waals surface area contributed by atoms with Crippen LogP contribution in [0.25, 0.3) is 0 Å². The summed E-state index contributed by atoms with van der Waals surface area (Å²) in [6.45, 7) is 2.15. The van der Waals surface area contributed by atoms with Crippen LogP contribution in [0.15, 0.2) is 12.4 Å². The van der Waals surface area contributed by atoms with Crippen molar-refractivity contribution in [3.05, 3.63) is 22.5 Å². The Kier molecular flexibility index (Phi) is 4.43. The van der Waals surface area contributed by atoms with E-state index in [1.807, 2.05) is 6.92 Å². The van der Waals surface area contributed by atoms with Gasteiger partial charge < -0.3 is 14.9 Å². The lowest BCUT2D eigenvalue weighted by Gasteiger charge is -2.03. The minimum Gasteiger partial charge on any atom is -0.463 e. The van der Waals surface area contributed by atoms with E-state index in [1.54, 1.807) is 0 Å². The Labute approximate surface area is 92.2 Å². The quantitative estimate of drug-likeness (QED) is 0.314. The second kappa shape index (κ2) is 5.84. The van der Waals surface area contributed by atoms with Crippen LogP contribution in [0.3, 0.4) is 0 Å². The highest BCUT2D eigenvalue weighted by Crippen LogP contribution is 2.07. The third-order valence-corrected chi connectivity index (χ3v) is 1.92. The first kappa shape index (κ1) is 12.2. The number of nitrogens with zero attached hydrogens (tertiary/aromatic N) is 3. The van der Waals surface area contributed by atoms with Gasteiger partial charge in [-0.2, -0.15) is 0 Å². The van der Waals surface area contributed by atoms with Crippen molar-refractivity contribution in [2.75, 3.05) is 6.61 Å². The van der Waals surface area contributed by atoms with Crippen molar-refractivity contribution in [3.63, 3.8) is 0 Å². The van der Waals surface area contributed by atoms with E-state index < -0.39 is 10.9 Å². The third-order valence-electron chi connectivity index (χ3n) is 1.92. The summed E-state index contributed by atoms with van der Waals surface area (Å²) < 4.78 is 6.03. The van der Waals surface area contributed by atoms with Crippen LogP contribution in [0.1, 0.15) is 19.8 Å². The summed E-state index contributed by atoms with van der Waals surface area (Å²) in [5.74, 6) is -0.845. The molecule has 1 aromatic rings. The Morgan fingerprint density at radius 1 is 1.69 bits per heavy atom. The molecule has 0 saturated carbocycles. The van der Waals surface area contributed by atoms with Gasteiger partial charge in [0.15, 0.2) is 6.54 Å². The lowest BCUT2D eigenvalue weighted by atomic mass is 10.4. The van der Waals surface area contributed by atoms with Gasteiger partial charge in [-0.15, -0.1) is 0 Å². The Bertz CT molecular complexity index is 375. The van der Waals surface area contributed by atoms with Crippen LogP contribution in [0, 0.1) is 10.1 Å². The molecule has 0 aliphatic heterocycles. The van der Waals surface area contributed by atoms with Gasteiger partial charge in [0.2, 0.25) is 0 Å². The number of ether oxygens (including phenoxy) is 1. The van der Waals surface area contributed by atoms with Crippen molar-refractivity contribution in [1.29, 1.82) is 0 Å². The fourth-order valence-electron chi connectivity index (χ4n) is 1.11. The molecule has 0 saturated heterocycles. The zero-order valence-electron chi connectivity index (χ0n) is 8.96. The zero-order chi connectivity index (χ0) is 12.0. The molecule has 0 unspecified atom stereocenters. The summed E-state index contributed by atoms with van der Waals surface area (Å²) in [6.07, 6.45) is 4.37. The fraction of sp³-hybridized carbons (Fsp3) is 0.556. The Morgan fingerprint density at radius 3 is 3.06 bits per heavy atom. The van der Waals surface area contributed by atoms with E-state index in [9.17, 15) is 14.9 Å². The van der Waals surface area contributed by atoms with Crippen LogP contribution >= 0.6 is 0 Å². The van der Waals surface area contributed by atoms with Crippen LogP contribution in [0.2, 0.25) is 0 Å². The highest BCUT2D eigenvalue weighted by molar-refractivity contribution is 5.69. The fourth-order valence-corrected chi connectivity index (χ4v) is 1.11. The van der Waals surface area contributed by atoms with Crippen molar-refractivity contribution >= 4 is 11.9 Å². The molecule has 1 rings (SSSR count). The van der Waals surface area contributed by atoms with Crippen molar-refractivity contribution in [2.45, 2.75) is 26.3 Å². The van der Waals surface area contributed by atoms with Gasteiger partial charge in [-0.25, -0.2) is 9.36 Å². The van der Waals surface area contributed by atoms with Gasteiger partial charge in [-0.3, -0.25) is 0 Å². The molecule has 1 heterocycles. The molecule has 0 radical (unpaired) electrons. The summed E-state index contributed by atoms with van der Waals surface area (Å²) in [7, 11) is 0. The molecule has 0 aliphatic rings. The van der Waals surface area contributed by atoms with Crippen LogP contribution in [-0.4, -0.2) is 27.1 Å². The number of aromatic nitrogens is 2. The SMILES string of the molecule is CCCCOC(=O)Cn1ccnc1[N+](=O)[O-]. The van der Waals surface area contributed by atoms with Crippen LogP contribution in [-0.2, 0) is 16.1 Å². The smallest absolute Gasteiger partial charge is 0.435 e. The summed E-state index contributed by atoms with van der Waals surface area (Å²) in [6, 6.07) is 0. The average Bonchev–Trinajstić information content (AvgIpc) is 2.66. The molecule has 88 valence electrons. The van der Waals surface area contributed by atoms with Gasteiger partial charge >= 0.3 is 11.9 Å². The molecule has 16 heavy (non-hydrogen) atoms. The van der Waals surface area contributed by atoms with Gasteiger partial charge in [-0.05, 0) is 11.3 Å². The monoisotopic (exact) mass is 227 g/mol. The molecule has 0 atom stereocenters. The minimum atomic E-state index is -0.640. The van der Waals surface area contributed by atoms with E-state index in [2.05, 4.69) is 4.98 Å². The maximum Gasteiger partial charge on any atom is 0.435 e. The van der Waals surface area contributed by atoms with Gasteiger partial charge in [0, 0.05) is 0 Å². The number of unbranched alkanes of at least 4 members (excludes halogenated alkanes) is 1. The van der Waals surface area contributed by atoms with Gasteiger partial charge in [-0.1, -0.05) is 18.3 Å². The molecular weight excluding hydrogens is 214 g/mol. The van der Waals surface area contributed by atoms with Gasteiger partial charge in [0.1, 0.15) is 12.4 Å². The molecule has 0 N–H and O–H groups in total. The molecule has 0 bridgehead atoms. The van der Waals surface area contributed by atoms with Crippen molar-refractivity contribution in [2.24, 2.45) is 0 Å². The second-order valence-corrected chi connectivity index (χ2v) is 3.19. The minimum absolute atomic E-state index is 0.181. The van der Waals surface area contributed by atoms with Gasteiger partial charge in [0.05, 0.1) is 6.61 Å². The largest absolute Gasteiger partial charge is 0.463 e. The number of esters is 1. The highest BCUT2D eigenvalue weighted by atomic mass is 16.6. The lowest BCUT2D eigenvalue weighted by molar-refractivity contribution is -0.396. The normalized spacial score (nSPS) is 10.1. The highest BCUT2D eigenvalue weighted by Gasteiger charge is 2.17. The Balaban J connectivity index is 2.49. The van der Waals surface area contributed by atoms with Crippen LogP contribution < -0.4 is 0 Å². The van der Waals surface area contributed by atoms with E-state index in [0.717, 1.165) is 17.4 Å². The number of hydrogen-bond acceptors (Lipinski definition) is 5. The van der Waals surface area contributed by atoms with Crippen molar-refractivity contribution < 1.29 is 14.5 Å². The zero-order valence-corrected chi connectivity index (χ0v) is 8.96. The Hall–Kier alpha value is -1.92. The second-order valence-electron chi connectivity index (χ2n) is 3.19. The van der Waals surface area contributed by atoms with E-state index in [0.29, 0.717) is 6.61 Å². The maximum absolute atomic E-state index is 11.3. The molecule has 0 aromatic carbocycles. The van der Waals surface area contributed by atoms with Crippen LogP contribution in [0.4, 0.5) is 5.95 Å². The first-order chi connectivity index (χ1) is 7.65. The standard InChI is InChI=1S/C9H13N3O4/c1-2-3-6-16-8(13)7-11-5-4-10-9(11)12(14)15/h4-5H,2-3,6-7H2,1H3. The summed E-state index contributed by atoms with van der Waals surface area (Å²) >= 11 is 0. The molecule has 0 aliphatic carbocycles. The number of hydrogen-bond donors (Lipinski definition) is 0. The summed E-state index contributed by atoms with van der Waals surface area (Å²) in [5, 5.41) is 10.5. The number of rotatable bonds is 6. The number of imidazole rings is 1. The predicted molar refractivity (Wildman–Crippen MR) is 54.7 cm³/mol. The number of carbonyl (C=O) groups excluding carboxylic acids is 1. The molecule has 0 fully saturated rings. The van der Waals surface area contributed by atoms with Crippen molar-refractivity contribution in [3.8, 4) is 0 Å². The third kappa shape index (κ3) is 3.34. The van der Waals surface area contributed by atoms with Crippen LogP contribution in [0.5, 0.6) is 0 Å². The summed E-state index contributed by atoms with van der Waals surface area (Å²) in [4.78, 5) is 24.6. The molecule has 7 heteroatoms. The van der Waals surface area contributed by atoms with E-state index >= 15 is 0 Å². The topological polar surface area (TPSA) is 87.3 Å². The molecule has 7 nitrogen and oxygen atoms in total. The number of nitro groups is 1. The molecular formula is C9H13N3O4. The molecule has 0 spiro atoms. The first-order valence-corrected chi connectivity index (χ1v) is 4.96. The summed E-state index contributed by atoms with van der Waals surface area (Å²) in [5.41, 5.74) is 0. The maximum atomic E-state index is 11.3. The average molecular weight is 227 g/mol. The Morgan fingerprint density at radius 2 is 2.44 bits per heavy atom. The predicted octanol–water partition coefficient (Wildman–Crippen LogP) is 1.13. The lowest BCUT2D eigenvalue weighted by Crippen LogP contribution is -2.15. The first-order valence-electron chi connectivity index (χ1n) is 4.96. The number of carbonyl (C=O) groups is 1.